The van der Waals surface area contributed by atoms with Gasteiger partial charge in [0.25, 0.3) is 0 Å². The Labute approximate surface area is 195 Å². The zero-order valence-corrected chi connectivity index (χ0v) is 19.1. The van der Waals surface area contributed by atoms with E-state index < -0.39 is 0 Å². The minimum Gasteiger partial charge on any atom is -0.315 e. The average molecular weight is 426 g/mol. The smallest absolute Gasteiger partial charge is 0.0613 e. The summed E-state index contributed by atoms with van der Waals surface area (Å²) in [6, 6.07) is 30.1. The summed E-state index contributed by atoms with van der Waals surface area (Å²) < 4.78 is 2.35. The van der Waals surface area contributed by atoms with Crippen molar-refractivity contribution in [3.05, 3.63) is 126 Å². The molecule has 1 nitrogen and oxygen atoms in total. The molecule has 160 valence electrons. The monoisotopic (exact) mass is 425 g/mol. The van der Waals surface area contributed by atoms with Crippen LogP contribution in [0.15, 0.2) is 115 Å². The fourth-order valence-corrected chi connectivity index (χ4v) is 4.56. The molecule has 0 aliphatic heterocycles. The summed E-state index contributed by atoms with van der Waals surface area (Å²) in [6.07, 6.45) is 15.2. The van der Waals surface area contributed by atoms with Gasteiger partial charge < -0.3 is 4.57 Å². The van der Waals surface area contributed by atoms with E-state index in [2.05, 4.69) is 140 Å². The van der Waals surface area contributed by atoms with Gasteiger partial charge in [0.2, 0.25) is 0 Å². The number of hydrogen-bond acceptors (Lipinski definition) is 0. The SMILES string of the molecule is C/C=C\C(C)=C/n1c2ccccc2c2cc3ccccc3c(/C=C\C=C/c3ccccc3)c21. The van der Waals surface area contributed by atoms with Gasteiger partial charge >= 0.3 is 0 Å². The first-order chi connectivity index (χ1) is 16.3. The molecule has 1 heteroatoms. The molecule has 1 heterocycles. The Balaban J connectivity index is 1.79. The van der Waals surface area contributed by atoms with E-state index in [1.807, 2.05) is 6.07 Å². The molecular formula is C32H27N. The van der Waals surface area contributed by atoms with E-state index in [1.54, 1.807) is 0 Å². The maximum atomic E-state index is 2.35. The molecule has 4 aromatic carbocycles. The summed E-state index contributed by atoms with van der Waals surface area (Å²) in [5, 5.41) is 5.07. The van der Waals surface area contributed by atoms with E-state index in [4.69, 9.17) is 0 Å². The van der Waals surface area contributed by atoms with Gasteiger partial charge in [0.15, 0.2) is 0 Å². The van der Waals surface area contributed by atoms with Gasteiger partial charge in [-0.1, -0.05) is 109 Å². The Morgan fingerprint density at radius 1 is 0.727 bits per heavy atom. The van der Waals surface area contributed by atoms with Crippen LogP contribution in [0.3, 0.4) is 0 Å². The number of nitrogens with zero attached hydrogens (tertiary/aromatic N) is 1. The zero-order chi connectivity index (χ0) is 22.6. The molecule has 33 heavy (non-hydrogen) atoms. The molecule has 0 saturated carbocycles. The molecule has 0 saturated heterocycles. The predicted molar refractivity (Wildman–Crippen MR) is 146 cm³/mol. The molecule has 0 fully saturated rings. The van der Waals surface area contributed by atoms with Crippen LogP contribution in [0.4, 0.5) is 0 Å². The lowest BCUT2D eigenvalue weighted by molar-refractivity contribution is 1.26. The molecule has 0 aliphatic carbocycles. The first-order valence-corrected chi connectivity index (χ1v) is 11.4. The summed E-state index contributed by atoms with van der Waals surface area (Å²) in [5.41, 5.74) is 6.11. The third kappa shape index (κ3) is 4.06. The molecule has 0 amide bonds. The third-order valence-corrected chi connectivity index (χ3v) is 5.98. The van der Waals surface area contributed by atoms with Crippen LogP contribution in [0.1, 0.15) is 25.0 Å². The number of hydrogen-bond donors (Lipinski definition) is 0. The highest BCUT2D eigenvalue weighted by Crippen LogP contribution is 2.37. The molecule has 0 aliphatic rings. The van der Waals surface area contributed by atoms with Crippen LogP contribution in [0.5, 0.6) is 0 Å². The second-order valence-electron chi connectivity index (χ2n) is 8.30. The molecule has 0 spiro atoms. The lowest BCUT2D eigenvalue weighted by atomic mass is 9.99. The standard InChI is InChI=1S/C32H27N/c1-3-13-24(2)23-33-31-21-12-11-19-28(31)30-22-26-17-8-10-18-27(26)29(32(30)33)20-9-7-16-25-14-5-4-6-15-25/h3-23H,1-2H3/b13-3-,16-7-,20-9-,24-23-. The topological polar surface area (TPSA) is 4.93 Å². The Kier molecular flexibility index (Phi) is 5.78. The molecule has 0 unspecified atom stereocenters. The van der Waals surface area contributed by atoms with E-state index in [1.165, 1.54) is 49.3 Å². The number of rotatable bonds is 5. The molecular weight excluding hydrogens is 398 g/mol. The van der Waals surface area contributed by atoms with Gasteiger partial charge in [-0.25, -0.2) is 0 Å². The summed E-state index contributed by atoms with van der Waals surface area (Å²) in [7, 11) is 0. The lowest BCUT2D eigenvalue weighted by Crippen LogP contribution is -1.91. The van der Waals surface area contributed by atoms with Crippen molar-refractivity contribution < 1.29 is 0 Å². The number of allylic oxidation sites excluding steroid dienone is 5. The molecule has 5 aromatic rings. The molecule has 0 radical (unpaired) electrons. The number of fused-ring (bicyclic) bond motifs is 4. The van der Waals surface area contributed by atoms with Crippen molar-refractivity contribution >= 4 is 50.9 Å². The van der Waals surface area contributed by atoms with Crippen molar-refractivity contribution in [1.82, 2.24) is 4.57 Å². The van der Waals surface area contributed by atoms with Gasteiger partial charge in [-0.15, -0.1) is 0 Å². The van der Waals surface area contributed by atoms with Gasteiger partial charge in [0.1, 0.15) is 0 Å². The minimum absolute atomic E-state index is 1.20. The highest BCUT2D eigenvalue weighted by atomic mass is 15.0. The summed E-state index contributed by atoms with van der Waals surface area (Å²) in [4.78, 5) is 0. The predicted octanol–water partition coefficient (Wildman–Crippen LogP) is 9.11. The van der Waals surface area contributed by atoms with Crippen molar-refractivity contribution in [1.29, 1.82) is 0 Å². The normalized spacial score (nSPS) is 13.0. The van der Waals surface area contributed by atoms with E-state index in [9.17, 15) is 0 Å². The number of aromatic nitrogens is 1. The quantitative estimate of drug-likeness (QED) is 0.247. The Hall–Kier alpha value is -4.10. The van der Waals surface area contributed by atoms with Crippen molar-refractivity contribution in [3.8, 4) is 0 Å². The second kappa shape index (κ2) is 9.18. The van der Waals surface area contributed by atoms with Crippen molar-refractivity contribution in [3.63, 3.8) is 0 Å². The first-order valence-electron chi connectivity index (χ1n) is 11.4. The van der Waals surface area contributed by atoms with Crippen LogP contribution in [0.2, 0.25) is 0 Å². The Morgan fingerprint density at radius 3 is 2.24 bits per heavy atom. The first kappa shape index (κ1) is 20.8. The molecule has 0 atom stereocenters. The average Bonchev–Trinajstić information content (AvgIpc) is 3.15. The Morgan fingerprint density at radius 2 is 1.42 bits per heavy atom. The largest absolute Gasteiger partial charge is 0.315 e. The van der Waals surface area contributed by atoms with Crippen LogP contribution in [0, 0.1) is 0 Å². The molecule has 1 aromatic heterocycles. The summed E-state index contributed by atoms with van der Waals surface area (Å²) in [6.45, 7) is 4.21. The third-order valence-electron chi connectivity index (χ3n) is 5.98. The van der Waals surface area contributed by atoms with Crippen molar-refractivity contribution in [2.45, 2.75) is 13.8 Å². The van der Waals surface area contributed by atoms with Gasteiger partial charge in [0, 0.05) is 22.5 Å². The van der Waals surface area contributed by atoms with Gasteiger partial charge in [0.05, 0.1) is 11.0 Å². The van der Waals surface area contributed by atoms with Crippen LogP contribution >= 0.6 is 0 Å². The van der Waals surface area contributed by atoms with Gasteiger partial charge in [-0.3, -0.25) is 0 Å². The zero-order valence-electron chi connectivity index (χ0n) is 19.1. The van der Waals surface area contributed by atoms with E-state index in [0.717, 1.165) is 0 Å². The summed E-state index contributed by atoms with van der Waals surface area (Å²) >= 11 is 0. The molecule has 0 bridgehead atoms. The minimum atomic E-state index is 1.20. The fourth-order valence-electron chi connectivity index (χ4n) is 4.56. The molecule has 5 rings (SSSR count). The lowest BCUT2D eigenvalue weighted by Gasteiger charge is -2.09. The van der Waals surface area contributed by atoms with E-state index >= 15 is 0 Å². The van der Waals surface area contributed by atoms with Gasteiger partial charge in [-0.05, 0) is 47.9 Å². The fraction of sp³-hybridized carbons (Fsp3) is 0.0625. The van der Waals surface area contributed by atoms with Crippen molar-refractivity contribution in [2.24, 2.45) is 0 Å². The van der Waals surface area contributed by atoms with Crippen LogP contribution in [0.25, 0.3) is 50.9 Å². The number of para-hydroxylation sites is 1. The van der Waals surface area contributed by atoms with Crippen LogP contribution < -0.4 is 0 Å². The van der Waals surface area contributed by atoms with Crippen LogP contribution in [-0.4, -0.2) is 4.57 Å². The van der Waals surface area contributed by atoms with Crippen molar-refractivity contribution in [2.75, 3.05) is 0 Å². The van der Waals surface area contributed by atoms with Crippen LogP contribution in [-0.2, 0) is 0 Å². The highest BCUT2D eigenvalue weighted by Gasteiger charge is 2.14. The second-order valence-corrected chi connectivity index (χ2v) is 8.30. The highest BCUT2D eigenvalue weighted by molar-refractivity contribution is 6.17. The maximum Gasteiger partial charge on any atom is 0.0613 e. The summed E-state index contributed by atoms with van der Waals surface area (Å²) in [5.74, 6) is 0. The van der Waals surface area contributed by atoms with Gasteiger partial charge in [-0.2, -0.15) is 0 Å². The Bertz CT molecular complexity index is 1560. The number of benzene rings is 4. The maximum absolute atomic E-state index is 2.35. The molecule has 0 N–H and O–H groups in total. The van der Waals surface area contributed by atoms with E-state index in [-0.39, 0.29) is 0 Å². The van der Waals surface area contributed by atoms with E-state index in [0.29, 0.717) is 0 Å².